The molecule has 78 valence electrons. The molecule has 0 spiro atoms. The van der Waals surface area contributed by atoms with Gasteiger partial charge < -0.3 is 0 Å². The molecule has 0 aliphatic carbocycles. The Hall–Kier alpha value is -1.20. The van der Waals surface area contributed by atoms with Crippen LogP contribution in [0.25, 0.3) is 4.91 Å². The summed E-state index contributed by atoms with van der Waals surface area (Å²) in [6.45, 7) is 7.80. The number of rotatable bonds is 3. The van der Waals surface area contributed by atoms with Gasteiger partial charge in [0.1, 0.15) is 0 Å². The van der Waals surface area contributed by atoms with Crippen molar-refractivity contribution < 1.29 is 0 Å². The molecule has 0 fully saturated rings. The topological polar surface area (TPSA) is 23.8 Å². The van der Waals surface area contributed by atoms with Gasteiger partial charge in [-0.15, -0.1) is 11.8 Å². The van der Waals surface area contributed by atoms with E-state index in [1.54, 1.807) is 11.8 Å². The number of thioether (sulfide) groups is 1. The van der Waals surface area contributed by atoms with Crippen molar-refractivity contribution in [1.82, 2.24) is 0 Å². The lowest BCUT2D eigenvalue weighted by Crippen LogP contribution is -2.13. The lowest BCUT2D eigenvalue weighted by Gasteiger charge is -2.16. The molecule has 0 aromatic heterocycles. The second kappa shape index (κ2) is 4.55. The summed E-state index contributed by atoms with van der Waals surface area (Å²) in [5.41, 5.74) is 1.75. The molecular formula is C13H15NS. The fourth-order valence-corrected chi connectivity index (χ4v) is 1.63. The monoisotopic (exact) mass is 217 g/mol. The average molecular weight is 217 g/mol. The van der Waals surface area contributed by atoms with Crippen LogP contribution in [0.2, 0.25) is 0 Å². The summed E-state index contributed by atoms with van der Waals surface area (Å²) in [7, 11) is 0. The second-order valence-electron chi connectivity index (χ2n) is 3.94. The molecule has 15 heavy (non-hydrogen) atoms. The molecule has 0 saturated carbocycles. The van der Waals surface area contributed by atoms with Crippen molar-refractivity contribution >= 4 is 16.7 Å². The molecule has 0 unspecified atom stereocenters. The van der Waals surface area contributed by atoms with Crippen LogP contribution in [0.3, 0.4) is 0 Å². The number of nitriles is 1. The first-order valence-corrected chi connectivity index (χ1v) is 5.99. The van der Waals surface area contributed by atoms with Crippen molar-refractivity contribution in [1.29, 1.82) is 5.26 Å². The van der Waals surface area contributed by atoms with Crippen LogP contribution >= 0.6 is 11.8 Å². The Bertz CT molecular complexity index is 396. The third kappa shape index (κ3) is 2.64. The Morgan fingerprint density at radius 3 is 2.27 bits per heavy atom. The maximum Gasteiger partial charge on any atom is 0.0766 e. The van der Waals surface area contributed by atoms with Gasteiger partial charge in [0.15, 0.2) is 0 Å². The Kier molecular flexibility index (Phi) is 3.60. The fraction of sp³-hybridized carbons (Fsp3) is 0.308. The lowest BCUT2D eigenvalue weighted by atomic mass is 9.86. The molecule has 0 radical (unpaired) electrons. The zero-order valence-electron chi connectivity index (χ0n) is 9.37. The molecular weight excluding hydrogens is 202 g/mol. The maximum atomic E-state index is 9.00. The first-order valence-electron chi connectivity index (χ1n) is 4.76. The van der Waals surface area contributed by atoms with E-state index < -0.39 is 5.41 Å². The molecule has 2 heteroatoms. The summed E-state index contributed by atoms with van der Waals surface area (Å²) < 4.78 is 0. The van der Waals surface area contributed by atoms with Gasteiger partial charge in [0.2, 0.25) is 0 Å². The van der Waals surface area contributed by atoms with Gasteiger partial charge in [0.25, 0.3) is 0 Å². The normalized spacial score (nSPS) is 10.8. The zero-order chi connectivity index (χ0) is 11.5. The minimum absolute atomic E-state index is 0.417. The summed E-state index contributed by atoms with van der Waals surface area (Å²) in [6, 6.07) is 10.3. The zero-order valence-corrected chi connectivity index (χ0v) is 10.2. The Morgan fingerprint density at radius 2 is 1.87 bits per heavy atom. The summed E-state index contributed by atoms with van der Waals surface area (Å²) in [6.07, 6.45) is 2.01. The second-order valence-corrected chi connectivity index (χ2v) is 4.84. The van der Waals surface area contributed by atoms with Gasteiger partial charge >= 0.3 is 0 Å². The summed E-state index contributed by atoms with van der Waals surface area (Å²) in [5.74, 6) is 0. The molecule has 0 bridgehead atoms. The average Bonchev–Trinajstić information content (AvgIpc) is 2.28. The lowest BCUT2D eigenvalue weighted by molar-refractivity contribution is 0.687. The smallest absolute Gasteiger partial charge is 0.0766 e. The first-order chi connectivity index (χ1) is 7.01. The van der Waals surface area contributed by atoms with Gasteiger partial charge in [-0.3, -0.25) is 0 Å². The van der Waals surface area contributed by atoms with E-state index in [0.717, 1.165) is 16.0 Å². The highest BCUT2D eigenvalue weighted by molar-refractivity contribution is 8.07. The highest BCUT2D eigenvalue weighted by Crippen LogP contribution is 2.27. The number of benzene rings is 1. The molecule has 1 aromatic carbocycles. The minimum atomic E-state index is -0.417. The molecule has 0 aliphatic rings. The number of nitrogens with zero attached hydrogens (tertiary/aromatic N) is 1. The molecule has 0 amide bonds. The Morgan fingerprint density at radius 1 is 1.33 bits per heavy atom. The summed E-state index contributed by atoms with van der Waals surface area (Å²) >= 11 is 1.64. The minimum Gasteiger partial charge on any atom is -0.197 e. The van der Waals surface area contributed by atoms with Gasteiger partial charge in [-0.25, -0.2) is 0 Å². The number of hydrogen-bond donors (Lipinski definition) is 0. The van der Waals surface area contributed by atoms with Crippen molar-refractivity contribution in [2.45, 2.75) is 19.3 Å². The molecule has 1 rings (SSSR count). The molecule has 0 aliphatic heterocycles. The summed E-state index contributed by atoms with van der Waals surface area (Å²) in [4.78, 5) is 1.05. The van der Waals surface area contributed by atoms with E-state index in [-0.39, 0.29) is 0 Å². The van der Waals surface area contributed by atoms with Crippen molar-refractivity contribution in [2.24, 2.45) is 0 Å². The van der Waals surface area contributed by atoms with Crippen LogP contribution in [-0.2, 0) is 5.41 Å². The van der Waals surface area contributed by atoms with Crippen molar-refractivity contribution in [3.05, 3.63) is 42.0 Å². The Labute approximate surface area is 95.8 Å². The fourth-order valence-electron chi connectivity index (χ4n) is 1.26. The van der Waals surface area contributed by atoms with Crippen molar-refractivity contribution in [3.63, 3.8) is 0 Å². The van der Waals surface area contributed by atoms with Crippen LogP contribution in [0.5, 0.6) is 0 Å². The molecule has 0 heterocycles. The third-order valence-electron chi connectivity index (χ3n) is 2.45. The van der Waals surface area contributed by atoms with E-state index in [2.05, 4.69) is 12.6 Å². The maximum absolute atomic E-state index is 9.00. The van der Waals surface area contributed by atoms with E-state index in [4.69, 9.17) is 5.26 Å². The molecule has 0 saturated heterocycles. The van der Waals surface area contributed by atoms with Crippen LogP contribution in [-0.4, -0.2) is 6.26 Å². The van der Waals surface area contributed by atoms with E-state index in [0.29, 0.717) is 0 Å². The van der Waals surface area contributed by atoms with Gasteiger partial charge in [-0.1, -0.05) is 30.8 Å². The van der Waals surface area contributed by atoms with E-state index >= 15 is 0 Å². The van der Waals surface area contributed by atoms with Crippen molar-refractivity contribution in [2.75, 3.05) is 6.26 Å². The molecule has 0 atom stereocenters. The molecule has 1 nitrogen and oxygen atoms in total. The van der Waals surface area contributed by atoms with E-state index in [9.17, 15) is 0 Å². The summed E-state index contributed by atoms with van der Waals surface area (Å²) in [5, 5.41) is 9.00. The SMILES string of the molecule is C=C(SC)c1ccc(C(C)(C)C#N)cc1. The van der Waals surface area contributed by atoms with Crippen LogP contribution < -0.4 is 0 Å². The highest BCUT2D eigenvalue weighted by Gasteiger charge is 2.19. The predicted octanol–water partition coefficient (Wildman–Crippen LogP) is 3.82. The van der Waals surface area contributed by atoms with Gasteiger partial charge in [0.05, 0.1) is 11.5 Å². The van der Waals surface area contributed by atoms with Crippen LogP contribution in [0.4, 0.5) is 0 Å². The predicted molar refractivity (Wildman–Crippen MR) is 67.6 cm³/mol. The quantitative estimate of drug-likeness (QED) is 0.768. The van der Waals surface area contributed by atoms with Crippen molar-refractivity contribution in [3.8, 4) is 6.07 Å². The van der Waals surface area contributed by atoms with E-state index in [1.807, 2.05) is 44.4 Å². The van der Waals surface area contributed by atoms with Gasteiger partial charge in [-0.05, 0) is 31.2 Å². The Balaban J connectivity index is 3.01. The van der Waals surface area contributed by atoms with Gasteiger partial charge in [0, 0.05) is 4.91 Å². The molecule has 0 N–H and O–H groups in total. The standard InChI is InChI=1S/C13H15NS/c1-10(15-4)11-5-7-12(8-6-11)13(2,3)9-14/h5-8H,1H2,2-4H3. The third-order valence-corrected chi connectivity index (χ3v) is 3.18. The largest absolute Gasteiger partial charge is 0.197 e. The number of hydrogen-bond acceptors (Lipinski definition) is 2. The molecule has 1 aromatic rings. The van der Waals surface area contributed by atoms with Gasteiger partial charge in [-0.2, -0.15) is 5.26 Å². The van der Waals surface area contributed by atoms with Crippen LogP contribution in [0.1, 0.15) is 25.0 Å². The highest BCUT2D eigenvalue weighted by atomic mass is 32.2. The van der Waals surface area contributed by atoms with E-state index in [1.165, 1.54) is 0 Å². The first kappa shape index (κ1) is 11.9. The van der Waals surface area contributed by atoms with Crippen LogP contribution in [0, 0.1) is 11.3 Å². The van der Waals surface area contributed by atoms with Crippen LogP contribution in [0.15, 0.2) is 30.8 Å².